The fraction of sp³-hybridized carbons (Fsp3) is 0.484. The lowest BCUT2D eigenvalue weighted by Crippen LogP contribution is -2.29. The number of nitrogens with two attached hydrogens (primary N) is 1. The minimum Gasteiger partial charge on any atom is -0.399 e. The molecule has 0 spiro atoms. The van der Waals surface area contributed by atoms with E-state index in [0.29, 0.717) is 6.61 Å². The van der Waals surface area contributed by atoms with Crippen molar-refractivity contribution in [1.82, 2.24) is 0 Å². The van der Waals surface area contributed by atoms with Gasteiger partial charge in [0.2, 0.25) is 0 Å². The minimum absolute atomic E-state index is 0.0410. The van der Waals surface area contributed by atoms with Crippen LogP contribution >= 0.6 is 11.3 Å². The largest absolute Gasteiger partial charge is 0.399 e. The van der Waals surface area contributed by atoms with Crippen molar-refractivity contribution >= 4 is 17.0 Å². The lowest BCUT2D eigenvalue weighted by molar-refractivity contribution is -0.0325. The van der Waals surface area contributed by atoms with Crippen LogP contribution in [0.2, 0.25) is 0 Å². The molecule has 1 aromatic heterocycles. The van der Waals surface area contributed by atoms with E-state index in [1.807, 2.05) is 11.3 Å². The molecule has 1 heterocycles. The molecule has 3 heteroatoms. The molecular weight excluding hydrogens is 434 g/mol. The van der Waals surface area contributed by atoms with Crippen molar-refractivity contribution in [3.05, 3.63) is 86.6 Å². The van der Waals surface area contributed by atoms with Gasteiger partial charge in [-0.2, -0.15) is 0 Å². The van der Waals surface area contributed by atoms with Gasteiger partial charge in [0.15, 0.2) is 0 Å². The summed E-state index contributed by atoms with van der Waals surface area (Å²) >= 11 is 2.00. The Balaban J connectivity index is 1.81. The number of ether oxygens (including phenoxy) is 1. The molecule has 0 aliphatic rings. The molecule has 0 radical (unpaired) electrons. The van der Waals surface area contributed by atoms with Crippen molar-refractivity contribution in [2.24, 2.45) is 5.41 Å². The zero-order valence-electron chi connectivity index (χ0n) is 22.2. The summed E-state index contributed by atoms with van der Waals surface area (Å²) in [5, 5.41) is 0. The Bertz CT molecular complexity index is 1060. The number of hydrogen-bond acceptors (Lipinski definition) is 3. The molecular formula is C31H43NOS. The van der Waals surface area contributed by atoms with Crippen molar-refractivity contribution in [3.8, 4) is 0 Å². The van der Waals surface area contributed by atoms with Gasteiger partial charge in [0.05, 0.1) is 12.7 Å². The normalized spacial score (nSPS) is 13.3. The van der Waals surface area contributed by atoms with E-state index in [0.717, 1.165) is 31.4 Å². The lowest BCUT2D eigenvalue weighted by atomic mass is 9.74. The maximum Gasteiger partial charge on any atom is 0.0720 e. The Hall–Kier alpha value is -2.10. The van der Waals surface area contributed by atoms with E-state index in [9.17, 15) is 0 Å². The third-order valence-corrected chi connectivity index (χ3v) is 8.92. The maximum atomic E-state index is 6.46. The monoisotopic (exact) mass is 477 g/mol. The topological polar surface area (TPSA) is 35.2 Å². The first-order valence-corrected chi connectivity index (χ1v) is 13.5. The van der Waals surface area contributed by atoms with E-state index >= 15 is 0 Å². The Morgan fingerprint density at radius 2 is 1.59 bits per heavy atom. The van der Waals surface area contributed by atoms with Crippen LogP contribution in [0, 0.1) is 19.3 Å². The second-order valence-corrected chi connectivity index (χ2v) is 11.9. The molecule has 3 rings (SSSR count). The summed E-state index contributed by atoms with van der Waals surface area (Å²) in [5.41, 5.74) is 12.3. The SMILES string of the molecule is CCC(CC)(c1ccc(N)c(C)c1)c1cc(C)c(CCC(OCc2ccccc2)C(C)(C)C)s1. The highest BCUT2D eigenvalue weighted by Gasteiger charge is 2.33. The number of aryl methyl sites for hydroxylation is 3. The number of hydrogen-bond donors (Lipinski definition) is 1. The molecule has 0 saturated heterocycles. The fourth-order valence-corrected chi connectivity index (χ4v) is 6.47. The van der Waals surface area contributed by atoms with E-state index in [1.54, 1.807) is 0 Å². The molecule has 2 nitrogen and oxygen atoms in total. The minimum atomic E-state index is 0.0410. The molecule has 0 saturated carbocycles. The van der Waals surface area contributed by atoms with Crippen molar-refractivity contribution in [3.63, 3.8) is 0 Å². The first-order valence-electron chi connectivity index (χ1n) is 12.7. The third-order valence-electron chi connectivity index (χ3n) is 7.42. The van der Waals surface area contributed by atoms with Crippen LogP contribution < -0.4 is 5.73 Å². The molecule has 0 aliphatic carbocycles. The van der Waals surface area contributed by atoms with Gasteiger partial charge in [0.25, 0.3) is 0 Å². The van der Waals surface area contributed by atoms with E-state index < -0.39 is 0 Å². The fourth-order valence-electron chi connectivity index (χ4n) is 4.93. The summed E-state index contributed by atoms with van der Waals surface area (Å²) in [5.74, 6) is 0. The summed E-state index contributed by atoms with van der Waals surface area (Å²) in [6.45, 7) is 16.6. The second kappa shape index (κ2) is 11.1. The van der Waals surface area contributed by atoms with Gasteiger partial charge < -0.3 is 10.5 Å². The van der Waals surface area contributed by atoms with Gasteiger partial charge in [-0.25, -0.2) is 0 Å². The van der Waals surface area contributed by atoms with E-state index in [4.69, 9.17) is 10.5 Å². The highest BCUT2D eigenvalue weighted by molar-refractivity contribution is 7.12. The summed E-state index contributed by atoms with van der Waals surface area (Å²) in [4.78, 5) is 2.97. The highest BCUT2D eigenvalue weighted by Crippen LogP contribution is 2.44. The number of benzene rings is 2. The molecule has 2 N–H and O–H groups in total. The summed E-state index contributed by atoms with van der Waals surface area (Å²) in [6.07, 6.45) is 4.45. The third kappa shape index (κ3) is 5.93. The molecule has 184 valence electrons. The van der Waals surface area contributed by atoms with Crippen LogP contribution in [-0.2, 0) is 23.2 Å². The second-order valence-electron chi connectivity index (χ2n) is 10.8. The van der Waals surface area contributed by atoms with Crippen LogP contribution in [0.15, 0.2) is 54.6 Å². The zero-order chi connectivity index (χ0) is 24.9. The highest BCUT2D eigenvalue weighted by atomic mass is 32.1. The Labute approximate surface area is 211 Å². The van der Waals surface area contributed by atoms with Gasteiger partial charge in [-0.15, -0.1) is 11.3 Å². The molecule has 0 amide bonds. The van der Waals surface area contributed by atoms with Crippen LogP contribution in [0.25, 0.3) is 0 Å². The molecule has 1 atom stereocenters. The van der Waals surface area contributed by atoms with Crippen LogP contribution in [0.1, 0.15) is 85.9 Å². The van der Waals surface area contributed by atoms with Crippen molar-refractivity contribution in [1.29, 1.82) is 0 Å². The van der Waals surface area contributed by atoms with E-state index in [-0.39, 0.29) is 16.9 Å². The average Bonchev–Trinajstić information content (AvgIpc) is 3.18. The van der Waals surface area contributed by atoms with Crippen LogP contribution in [0.4, 0.5) is 5.69 Å². The lowest BCUT2D eigenvalue weighted by Gasteiger charge is -2.32. The summed E-state index contributed by atoms with van der Waals surface area (Å²) in [7, 11) is 0. The maximum absolute atomic E-state index is 6.46. The van der Waals surface area contributed by atoms with Gasteiger partial charge >= 0.3 is 0 Å². The van der Waals surface area contributed by atoms with Gasteiger partial charge in [0.1, 0.15) is 0 Å². The van der Waals surface area contributed by atoms with Crippen LogP contribution in [0.3, 0.4) is 0 Å². The molecule has 34 heavy (non-hydrogen) atoms. The van der Waals surface area contributed by atoms with Gasteiger partial charge in [-0.05, 0) is 79.3 Å². The van der Waals surface area contributed by atoms with Crippen LogP contribution in [0.5, 0.6) is 0 Å². The van der Waals surface area contributed by atoms with Gasteiger partial charge in [-0.1, -0.05) is 77.1 Å². The Morgan fingerprint density at radius 3 is 2.18 bits per heavy atom. The van der Waals surface area contributed by atoms with Crippen molar-refractivity contribution in [2.75, 3.05) is 5.73 Å². The molecule has 3 aromatic rings. The predicted molar refractivity (Wildman–Crippen MR) is 149 cm³/mol. The summed E-state index contributed by atoms with van der Waals surface area (Å²) in [6, 6.07) is 19.5. The number of anilines is 1. The van der Waals surface area contributed by atoms with Gasteiger partial charge in [0, 0.05) is 20.9 Å². The standard InChI is InChI=1S/C31H43NOS/c1-8-31(9-2,25-15-16-26(32)22(3)19-25)29-20-23(4)27(34-29)17-18-28(30(5,6)7)33-21-24-13-11-10-12-14-24/h10-16,19-20,28H,8-9,17-18,21,32H2,1-7H3. The average molecular weight is 478 g/mol. The predicted octanol–water partition coefficient (Wildman–Crippen LogP) is 8.62. The van der Waals surface area contributed by atoms with E-state index in [2.05, 4.69) is 103 Å². The molecule has 0 bridgehead atoms. The van der Waals surface area contributed by atoms with Crippen molar-refractivity contribution < 1.29 is 4.74 Å². The van der Waals surface area contributed by atoms with E-state index in [1.165, 1.54) is 32.0 Å². The summed E-state index contributed by atoms with van der Waals surface area (Å²) < 4.78 is 6.46. The van der Waals surface area contributed by atoms with Crippen LogP contribution in [-0.4, -0.2) is 6.10 Å². The molecule has 0 aliphatic heterocycles. The smallest absolute Gasteiger partial charge is 0.0720 e. The Kier molecular flexibility index (Phi) is 8.65. The quantitative estimate of drug-likeness (QED) is 0.297. The number of thiophene rings is 1. The number of nitrogen functional groups attached to an aromatic ring is 1. The molecule has 1 unspecified atom stereocenters. The first kappa shape index (κ1) is 26.5. The van der Waals surface area contributed by atoms with Crippen molar-refractivity contribution in [2.45, 2.75) is 92.3 Å². The zero-order valence-corrected chi connectivity index (χ0v) is 23.0. The molecule has 0 fully saturated rings. The Morgan fingerprint density at radius 1 is 0.912 bits per heavy atom. The number of rotatable bonds is 10. The van der Waals surface area contributed by atoms with Gasteiger partial charge in [-0.3, -0.25) is 0 Å². The molecule has 2 aromatic carbocycles. The first-order chi connectivity index (χ1) is 16.1.